The summed E-state index contributed by atoms with van der Waals surface area (Å²) in [6, 6.07) is 16.0. The summed E-state index contributed by atoms with van der Waals surface area (Å²) in [7, 11) is 0. The van der Waals surface area contributed by atoms with Crippen molar-refractivity contribution >= 4 is 11.8 Å². The van der Waals surface area contributed by atoms with Crippen LogP contribution in [0.2, 0.25) is 0 Å². The lowest BCUT2D eigenvalue weighted by Crippen LogP contribution is -2.35. The van der Waals surface area contributed by atoms with Crippen molar-refractivity contribution in [1.82, 2.24) is 21.3 Å². The molecular weight excluding hydrogens is 572 g/mol. The van der Waals surface area contributed by atoms with Crippen LogP contribution in [0.5, 0.6) is 11.5 Å². The van der Waals surface area contributed by atoms with Crippen LogP contribution in [0.25, 0.3) is 0 Å². The van der Waals surface area contributed by atoms with Gasteiger partial charge >= 0.3 is 0 Å². The summed E-state index contributed by atoms with van der Waals surface area (Å²) < 4.78 is 11.7. The van der Waals surface area contributed by atoms with Crippen LogP contribution < -0.4 is 30.7 Å². The van der Waals surface area contributed by atoms with E-state index in [1.807, 2.05) is 76.2 Å². The molecule has 10 nitrogen and oxygen atoms in total. The van der Waals surface area contributed by atoms with E-state index < -0.39 is 12.2 Å². The molecule has 0 spiro atoms. The normalized spacial score (nSPS) is 12.6. The largest absolute Gasteiger partial charge is 0.491 e. The van der Waals surface area contributed by atoms with Gasteiger partial charge in [0.05, 0.1) is 0 Å². The van der Waals surface area contributed by atoms with E-state index in [0.717, 1.165) is 22.6 Å². The Morgan fingerprint density at radius 1 is 0.644 bits per heavy atom. The summed E-state index contributed by atoms with van der Waals surface area (Å²) in [6.07, 6.45) is 3.05. The van der Waals surface area contributed by atoms with Gasteiger partial charge in [-0.15, -0.1) is 0 Å². The molecule has 0 aliphatic carbocycles. The number of benzene rings is 2. The first-order valence-electron chi connectivity index (χ1n) is 16.4. The summed E-state index contributed by atoms with van der Waals surface area (Å²) in [4.78, 5) is 24.6. The molecule has 0 aliphatic heterocycles. The molecule has 45 heavy (non-hydrogen) atoms. The lowest BCUT2D eigenvalue weighted by Gasteiger charge is -2.16. The zero-order valence-corrected chi connectivity index (χ0v) is 27.6. The number of aryl methyl sites for hydroxylation is 2. The van der Waals surface area contributed by atoms with E-state index in [1.54, 1.807) is 0 Å². The van der Waals surface area contributed by atoms with Crippen LogP contribution in [-0.2, 0) is 22.4 Å². The van der Waals surface area contributed by atoms with E-state index in [1.165, 1.54) is 0 Å². The van der Waals surface area contributed by atoms with Crippen molar-refractivity contribution in [3.05, 3.63) is 59.7 Å². The molecule has 0 radical (unpaired) electrons. The van der Waals surface area contributed by atoms with Crippen LogP contribution in [-0.4, -0.2) is 85.7 Å². The first kappa shape index (κ1) is 38.0. The lowest BCUT2D eigenvalue weighted by molar-refractivity contribution is -0.121. The minimum atomic E-state index is -0.595. The first-order chi connectivity index (χ1) is 21.6. The van der Waals surface area contributed by atoms with Crippen molar-refractivity contribution in [3.8, 4) is 11.5 Å². The standard InChI is InChI=1S/C35H56N4O6/c1-26(2)38-22-30(40)24-44-32-16-7-5-12-28(32)14-9-18-34(42)36-20-11-21-37-35(43)19-10-15-29-13-6-8-17-33(29)45-25-31(41)23-39-27(3)4/h5-8,12-13,16-17,26-27,30-31,38-41H,9-11,14-15,18-25H2,1-4H3,(H,36,42)(H,37,43)/t30-,31-/m0/s1. The van der Waals surface area contributed by atoms with Gasteiger partial charge in [0.25, 0.3) is 0 Å². The van der Waals surface area contributed by atoms with Crippen LogP contribution in [0.1, 0.15) is 70.9 Å². The SMILES string of the molecule is CC(C)NC[C@H](O)COc1ccccc1CCCC(=O)NCCCNC(=O)CCCc1ccccc1OC[C@@H](O)CNC(C)C. The highest BCUT2D eigenvalue weighted by Crippen LogP contribution is 2.21. The van der Waals surface area contributed by atoms with Crippen molar-refractivity contribution in [2.24, 2.45) is 0 Å². The fraction of sp³-hybridized carbons (Fsp3) is 0.600. The second-order valence-electron chi connectivity index (χ2n) is 12.0. The second-order valence-corrected chi connectivity index (χ2v) is 12.0. The van der Waals surface area contributed by atoms with Gasteiger partial charge in [-0.1, -0.05) is 64.1 Å². The third-order valence-corrected chi connectivity index (χ3v) is 7.03. The highest BCUT2D eigenvalue weighted by molar-refractivity contribution is 5.76. The number of nitrogens with one attached hydrogen (secondary N) is 4. The van der Waals surface area contributed by atoms with E-state index >= 15 is 0 Å². The smallest absolute Gasteiger partial charge is 0.220 e. The Kier molecular flexibility index (Phi) is 18.9. The molecule has 0 aliphatic rings. The summed E-state index contributed by atoms with van der Waals surface area (Å²) in [5.41, 5.74) is 2.03. The lowest BCUT2D eigenvalue weighted by atomic mass is 10.1. The number of hydrogen-bond acceptors (Lipinski definition) is 8. The highest BCUT2D eigenvalue weighted by Gasteiger charge is 2.11. The van der Waals surface area contributed by atoms with Gasteiger partial charge in [-0.05, 0) is 55.4 Å². The number of rotatable bonds is 24. The average Bonchev–Trinajstić information content (AvgIpc) is 3.01. The molecule has 0 saturated heterocycles. The molecule has 2 aromatic rings. The van der Waals surface area contributed by atoms with E-state index in [0.29, 0.717) is 83.2 Å². The molecule has 2 rings (SSSR count). The summed E-state index contributed by atoms with van der Waals surface area (Å²) >= 11 is 0. The summed E-state index contributed by atoms with van der Waals surface area (Å²) in [5, 5.41) is 32.5. The van der Waals surface area contributed by atoms with Crippen molar-refractivity contribution in [2.45, 2.75) is 96.9 Å². The molecular formula is C35H56N4O6. The number of amides is 2. The van der Waals surface area contributed by atoms with Gasteiger partial charge in [-0.3, -0.25) is 9.59 Å². The maximum absolute atomic E-state index is 12.3. The fourth-order valence-electron chi connectivity index (χ4n) is 4.54. The summed E-state index contributed by atoms with van der Waals surface area (Å²) in [6.45, 7) is 10.5. The van der Waals surface area contributed by atoms with Crippen LogP contribution in [0.4, 0.5) is 0 Å². The van der Waals surface area contributed by atoms with E-state index in [9.17, 15) is 19.8 Å². The molecule has 0 bridgehead atoms. The molecule has 2 aromatic carbocycles. The molecule has 0 saturated carbocycles. The number of para-hydroxylation sites is 2. The predicted octanol–water partition coefficient (Wildman–Crippen LogP) is 3.13. The molecule has 6 N–H and O–H groups in total. The Hall–Kier alpha value is -3.18. The molecule has 0 fully saturated rings. The molecule has 252 valence electrons. The number of hydrogen-bond donors (Lipinski definition) is 6. The average molecular weight is 629 g/mol. The molecule has 2 amide bonds. The van der Waals surface area contributed by atoms with Gasteiger partial charge in [-0.2, -0.15) is 0 Å². The van der Waals surface area contributed by atoms with Gasteiger partial charge in [-0.25, -0.2) is 0 Å². The van der Waals surface area contributed by atoms with E-state index in [-0.39, 0.29) is 25.0 Å². The number of carbonyl (C=O) groups excluding carboxylic acids is 2. The quantitative estimate of drug-likeness (QED) is 0.0975. The van der Waals surface area contributed by atoms with Crippen molar-refractivity contribution in [1.29, 1.82) is 0 Å². The van der Waals surface area contributed by atoms with Crippen molar-refractivity contribution < 1.29 is 29.3 Å². The van der Waals surface area contributed by atoms with Gasteiger partial charge in [0.2, 0.25) is 11.8 Å². The first-order valence-corrected chi connectivity index (χ1v) is 16.4. The molecule has 0 aromatic heterocycles. The highest BCUT2D eigenvalue weighted by atomic mass is 16.5. The zero-order valence-electron chi connectivity index (χ0n) is 27.6. The van der Waals surface area contributed by atoms with Crippen LogP contribution in [0.15, 0.2) is 48.5 Å². The summed E-state index contributed by atoms with van der Waals surface area (Å²) in [5.74, 6) is 1.44. The third-order valence-electron chi connectivity index (χ3n) is 7.03. The third kappa shape index (κ3) is 17.8. The Morgan fingerprint density at radius 2 is 1.04 bits per heavy atom. The Bertz CT molecular complexity index is 1030. The van der Waals surface area contributed by atoms with Crippen molar-refractivity contribution in [3.63, 3.8) is 0 Å². The van der Waals surface area contributed by atoms with E-state index in [4.69, 9.17) is 9.47 Å². The number of aliphatic hydroxyl groups is 2. The minimum Gasteiger partial charge on any atom is -0.491 e. The zero-order chi connectivity index (χ0) is 32.9. The van der Waals surface area contributed by atoms with E-state index in [2.05, 4.69) is 21.3 Å². The van der Waals surface area contributed by atoms with Gasteiger partial charge < -0.3 is 41.0 Å². The minimum absolute atomic E-state index is 0.0144. The van der Waals surface area contributed by atoms with Crippen LogP contribution in [0, 0.1) is 0 Å². The Balaban J connectivity index is 1.56. The van der Waals surface area contributed by atoms with Gasteiger partial charge in [0, 0.05) is 51.1 Å². The second kappa shape index (κ2) is 22.3. The van der Waals surface area contributed by atoms with Crippen LogP contribution in [0.3, 0.4) is 0 Å². The number of carbonyl (C=O) groups is 2. The molecule has 10 heteroatoms. The number of aliphatic hydroxyl groups excluding tert-OH is 2. The molecule has 0 unspecified atom stereocenters. The fourth-order valence-corrected chi connectivity index (χ4v) is 4.54. The number of ether oxygens (including phenoxy) is 2. The van der Waals surface area contributed by atoms with Crippen LogP contribution >= 0.6 is 0 Å². The predicted molar refractivity (Wildman–Crippen MR) is 179 cm³/mol. The Labute approximate surface area is 269 Å². The van der Waals surface area contributed by atoms with Crippen molar-refractivity contribution in [2.75, 3.05) is 39.4 Å². The maximum atomic E-state index is 12.3. The monoisotopic (exact) mass is 628 g/mol. The van der Waals surface area contributed by atoms with Gasteiger partial charge in [0.15, 0.2) is 0 Å². The topological polar surface area (TPSA) is 141 Å². The Morgan fingerprint density at radius 3 is 1.44 bits per heavy atom. The maximum Gasteiger partial charge on any atom is 0.220 e. The van der Waals surface area contributed by atoms with Gasteiger partial charge in [0.1, 0.15) is 36.9 Å². The molecule has 0 heterocycles. The molecule has 2 atom stereocenters.